The highest BCUT2D eigenvalue weighted by Crippen LogP contribution is 1.47. The average Bonchev–Trinajstić information content (AvgIpc) is 1.65. The number of rotatable bonds is 0. The van der Waals surface area contributed by atoms with E-state index < -0.39 is 0 Å². The Hall–Kier alpha value is -0.590. The van der Waals surface area contributed by atoms with Gasteiger partial charge in [0.15, 0.2) is 0 Å². The first-order valence-corrected chi connectivity index (χ1v) is 2.37. The van der Waals surface area contributed by atoms with Crippen LogP contribution in [0, 0.1) is 0 Å². The maximum Gasteiger partial charge on any atom is 0.0371 e. The van der Waals surface area contributed by atoms with E-state index in [2.05, 4.69) is 17.4 Å². The fourth-order valence-electron chi connectivity index (χ4n) is 0. The Labute approximate surface area is 51.5 Å². The average molecular weight is 114 g/mol. The van der Waals surface area contributed by atoms with Gasteiger partial charge < -0.3 is 4.90 Å². The van der Waals surface area contributed by atoms with E-state index in [1.165, 1.54) is 0 Å². The Balaban J connectivity index is 0. The lowest BCUT2D eigenvalue weighted by atomic mass is 11.0. The van der Waals surface area contributed by atoms with E-state index in [4.69, 9.17) is 0 Å². The molecule has 0 aliphatic rings. The topological polar surface area (TPSA) is 15.6 Å². The van der Waals surface area contributed by atoms with Crippen LogP contribution in [0.3, 0.4) is 0 Å². The highest BCUT2D eigenvalue weighted by atomic mass is 15.0. The largest absolute Gasteiger partial charge is 0.312 e. The van der Waals surface area contributed by atoms with Gasteiger partial charge in [-0.3, -0.25) is 0 Å². The summed E-state index contributed by atoms with van der Waals surface area (Å²) in [6.45, 7) is 3.19. The van der Waals surface area contributed by atoms with E-state index >= 15 is 0 Å². The van der Waals surface area contributed by atoms with Crippen molar-refractivity contribution in [1.29, 1.82) is 0 Å². The first-order chi connectivity index (χ1) is 3.65. The van der Waals surface area contributed by atoms with Crippen LogP contribution in [0.15, 0.2) is 11.6 Å². The lowest BCUT2D eigenvalue weighted by Gasteiger charge is -1.90. The van der Waals surface area contributed by atoms with Crippen molar-refractivity contribution in [2.24, 2.45) is 4.99 Å². The Kier molecular flexibility index (Phi) is 12.5. The quantitative estimate of drug-likeness (QED) is 0.422. The molecule has 0 rings (SSSR count). The summed E-state index contributed by atoms with van der Waals surface area (Å²) in [5.41, 5.74) is 0. The molecule has 0 N–H and O–H groups in total. The SMILES string of the molecule is C=C=NC.CN(C)C. The van der Waals surface area contributed by atoms with Crippen LogP contribution < -0.4 is 0 Å². The van der Waals surface area contributed by atoms with Gasteiger partial charge in [0.2, 0.25) is 0 Å². The molecular weight excluding hydrogens is 100 g/mol. The van der Waals surface area contributed by atoms with Crippen molar-refractivity contribution >= 4 is 5.87 Å². The summed E-state index contributed by atoms with van der Waals surface area (Å²) in [6, 6.07) is 0. The molecule has 0 fully saturated rings. The van der Waals surface area contributed by atoms with Gasteiger partial charge >= 0.3 is 0 Å². The number of hydrogen-bond donors (Lipinski definition) is 0. The second kappa shape index (κ2) is 9.65. The van der Waals surface area contributed by atoms with Crippen LogP contribution in [0.4, 0.5) is 0 Å². The van der Waals surface area contributed by atoms with Crippen molar-refractivity contribution in [2.75, 3.05) is 28.2 Å². The summed E-state index contributed by atoms with van der Waals surface area (Å²) in [7, 11) is 7.63. The van der Waals surface area contributed by atoms with Gasteiger partial charge in [-0.05, 0) is 33.6 Å². The fraction of sp³-hybridized carbons (Fsp3) is 0.667. The van der Waals surface area contributed by atoms with Crippen LogP contribution >= 0.6 is 0 Å². The van der Waals surface area contributed by atoms with Gasteiger partial charge in [0.05, 0.1) is 0 Å². The van der Waals surface area contributed by atoms with E-state index in [0.717, 1.165) is 0 Å². The first kappa shape index (κ1) is 10.4. The molecule has 0 aromatic carbocycles. The molecule has 2 heteroatoms. The zero-order valence-corrected chi connectivity index (χ0v) is 6.10. The van der Waals surface area contributed by atoms with Crippen molar-refractivity contribution < 1.29 is 0 Å². The standard InChI is InChI=1S/C3H9N.C3H5N/c1-4(2)3;1-3-4-2/h1-3H3;1H2,2H3. The molecule has 0 aromatic heterocycles. The lowest BCUT2D eigenvalue weighted by Crippen LogP contribution is -1.99. The van der Waals surface area contributed by atoms with Crippen LogP contribution in [0.5, 0.6) is 0 Å². The molecule has 0 aromatic rings. The van der Waals surface area contributed by atoms with Crippen molar-refractivity contribution in [1.82, 2.24) is 4.90 Å². The Bertz CT molecular complexity index is 67.8. The van der Waals surface area contributed by atoms with Crippen LogP contribution in [-0.2, 0) is 0 Å². The molecule has 0 radical (unpaired) electrons. The van der Waals surface area contributed by atoms with Crippen molar-refractivity contribution in [3.63, 3.8) is 0 Å². The van der Waals surface area contributed by atoms with Gasteiger partial charge in [-0.25, -0.2) is 4.99 Å². The molecule has 48 valence electrons. The molecule has 0 atom stereocenters. The highest BCUT2D eigenvalue weighted by Gasteiger charge is 1.58. The van der Waals surface area contributed by atoms with Gasteiger partial charge in [-0.15, -0.1) is 0 Å². The van der Waals surface area contributed by atoms with Crippen LogP contribution in [0.2, 0.25) is 0 Å². The fourth-order valence-corrected chi connectivity index (χ4v) is 0. The summed E-state index contributed by atoms with van der Waals surface area (Å²) in [5, 5.41) is 0. The van der Waals surface area contributed by atoms with Gasteiger partial charge in [-0.2, -0.15) is 0 Å². The number of aliphatic imine (C=N–C) groups is 1. The van der Waals surface area contributed by atoms with Crippen LogP contribution in [0.25, 0.3) is 0 Å². The van der Waals surface area contributed by atoms with Crippen LogP contribution in [0.1, 0.15) is 0 Å². The van der Waals surface area contributed by atoms with E-state index in [1.54, 1.807) is 7.05 Å². The molecule has 0 saturated heterocycles. The summed E-state index contributed by atoms with van der Waals surface area (Å²) >= 11 is 0. The molecule has 0 aliphatic carbocycles. The minimum absolute atomic E-state index is 1.63. The Morgan fingerprint density at radius 2 is 1.50 bits per heavy atom. The summed E-state index contributed by atoms with van der Waals surface area (Å²) in [5.74, 6) is 2.31. The third-order valence-corrected chi connectivity index (χ3v) is 0.158. The maximum absolute atomic E-state index is 3.38. The van der Waals surface area contributed by atoms with Gasteiger partial charge in [0.1, 0.15) is 0 Å². The molecule has 0 saturated carbocycles. The third kappa shape index (κ3) is 626. The highest BCUT2D eigenvalue weighted by molar-refractivity contribution is 5.45. The van der Waals surface area contributed by atoms with Crippen molar-refractivity contribution in [3.05, 3.63) is 6.58 Å². The molecular formula is C6H14N2. The first-order valence-electron chi connectivity index (χ1n) is 2.37. The number of hydrogen-bond acceptors (Lipinski definition) is 2. The maximum atomic E-state index is 3.38. The van der Waals surface area contributed by atoms with E-state index in [1.807, 2.05) is 26.0 Å². The molecule has 0 bridgehead atoms. The zero-order valence-electron chi connectivity index (χ0n) is 6.10. The van der Waals surface area contributed by atoms with Gasteiger partial charge in [0, 0.05) is 7.05 Å². The predicted molar refractivity (Wildman–Crippen MR) is 38.6 cm³/mol. The molecule has 0 aliphatic heterocycles. The second-order valence-corrected chi connectivity index (χ2v) is 1.72. The molecule has 0 heterocycles. The Morgan fingerprint density at radius 3 is 1.50 bits per heavy atom. The van der Waals surface area contributed by atoms with Gasteiger partial charge in [0.25, 0.3) is 0 Å². The predicted octanol–water partition coefficient (Wildman–Crippen LogP) is 0.650. The smallest absolute Gasteiger partial charge is 0.0371 e. The van der Waals surface area contributed by atoms with E-state index in [-0.39, 0.29) is 0 Å². The van der Waals surface area contributed by atoms with Crippen LogP contribution in [-0.4, -0.2) is 39.0 Å². The van der Waals surface area contributed by atoms with E-state index in [9.17, 15) is 0 Å². The summed E-state index contributed by atoms with van der Waals surface area (Å²) in [6.07, 6.45) is 0. The minimum atomic E-state index is 1.63. The third-order valence-electron chi connectivity index (χ3n) is 0.158. The van der Waals surface area contributed by atoms with Crippen molar-refractivity contribution in [2.45, 2.75) is 0 Å². The second-order valence-electron chi connectivity index (χ2n) is 1.72. The molecule has 2 nitrogen and oxygen atoms in total. The number of nitrogens with zero attached hydrogens (tertiary/aromatic N) is 2. The van der Waals surface area contributed by atoms with E-state index in [0.29, 0.717) is 0 Å². The lowest BCUT2D eigenvalue weighted by molar-refractivity contribution is 0.505. The molecule has 0 amide bonds. The van der Waals surface area contributed by atoms with Crippen molar-refractivity contribution in [3.8, 4) is 0 Å². The monoisotopic (exact) mass is 114 g/mol. The molecule has 8 heavy (non-hydrogen) atoms. The Morgan fingerprint density at radius 1 is 1.38 bits per heavy atom. The summed E-state index contributed by atoms with van der Waals surface area (Å²) in [4.78, 5) is 5.38. The molecule has 0 unspecified atom stereocenters. The normalized spacial score (nSPS) is 6.62. The summed E-state index contributed by atoms with van der Waals surface area (Å²) < 4.78 is 0. The van der Waals surface area contributed by atoms with Gasteiger partial charge in [-0.1, -0.05) is 0 Å². The minimum Gasteiger partial charge on any atom is -0.312 e. The zero-order chi connectivity index (χ0) is 6.99. The molecule has 0 spiro atoms.